The number of esters is 1. The smallest absolute Gasteiger partial charge is 0.328 e. The summed E-state index contributed by atoms with van der Waals surface area (Å²) in [6, 6.07) is -0.661. The van der Waals surface area contributed by atoms with Crippen LogP contribution in [-0.4, -0.2) is 37.5 Å². The lowest BCUT2D eigenvalue weighted by atomic mass is 9.96. The van der Waals surface area contributed by atoms with Crippen molar-refractivity contribution in [2.75, 3.05) is 13.7 Å². The topological polar surface area (TPSA) is 84.5 Å². The number of carbonyl (C=O) groups is 3. The Kier molecular flexibility index (Phi) is 7.24. The fourth-order valence-electron chi connectivity index (χ4n) is 1.43. The molecule has 20 heavy (non-hydrogen) atoms. The summed E-state index contributed by atoms with van der Waals surface area (Å²) in [5, 5.41) is 5.30. The standard InChI is InChI=1S/C14H26N2O4/c1-9(2)11(12(18)20-6)16-10(17)7-8-15-13(19)14(3,4)5/h9,11H,7-8H2,1-6H3,(H,15,19)(H,16,17). The summed E-state index contributed by atoms with van der Waals surface area (Å²) in [6.07, 6.45) is 0.127. The van der Waals surface area contributed by atoms with Gasteiger partial charge in [-0.1, -0.05) is 34.6 Å². The molecule has 0 aliphatic carbocycles. The van der Waals surface area contributed by atoms with Crippen molar-refractivity contribution in [1.29, 1.82) is 0 Å². The Morgan fingerprint density at radius 2 is 1.70 bits per heavy atom. The first kappa shape index (κ1) is 18.4. The summed E-state index contributed by atoms with van der Waals surface area (Å²) in [6.45, 7) is 9.29. The first-order valence-corrected chi connectivity index (χ1v) is 6.75. The van der Waals surface area contributed by atoms with Gasteiger partial charge in [0.15, 0.2) is 0 Å². The minimum atomic E-state index is -0.661. The SMILES string of the molecule is COC(=O)C(NC(=O)CCNC(=O)C(C)(C)C)C(C)C. The molecular formula is C14H26N2O4. The predicted molar refractivity (Wildman–Crippen MR) is 75.9 cm³/mol. The predicted octanol–water partition coefficient (Wildman–Crippen LogP) is 0.853. The number of methoxy groups -OCH3 is 1. The molecule has 0 radical (unpaired) electrons. The lowest BCUT2D eigenvalue weighted by Crippen LogP contribution is -2.46. The van der Waals surface area contributed by atoms with Gasteiger partial charge in [0.2, 0.25) is 11.8 Å². The second kappa shape index (κ2) is 7.87. The van der Waals surface area contributed by atoms with Crippen LogP contribution in [0, 0.1) is 11.3 Å². The van der Waals surface area contributed by atoms with Crippen molar-refractivity contribution in [2.24, 2.45) is 11.3 Å². The first-order chi connectivity index (χ1) is 9.09. The van der Waals surface area contributed by atoms with Gasteiger partial charge in [-0.15, -0.1) is 0 Å². The van der Waals surface area contributed by atoms with Crippen LogP contribution in [0.2, 0.25) is 0 Å². The van der Waals surface area contributed by atoms with Gasteiger partial charge in [0.05, 0.1) is 7.11 Å². The molecule has 1 atom stereocenters. The zero-order valence-corrected chi connectivity index (χ0v) is 13.2. The van der Waals surface area contributed by atoms with E-state index in [1.807, 2.05) is 13.8 Å². The zero-order chi connectivity index (χ0) is 15.9. The van der Waals surface area contributed by atoms with Crippen molar-refractivity contribution < 1.29 is 19.1 Å². The Labute approximate surface area is 120 Å². The molecule has 0 heterocycles. The molecule has 0 aromatic heterocycles. The molecule has 0 rings (SSSR count). The molecule has 1 unspecified atom stereocenters. The maximum Gasteiger partial charge on any atom is 0.328 e. The van der Waals surface area contributed by atoms with Crippen molar-refractivity contribution in [3.8, 4) is 0 Å². The number of ether oxygens (including phenoxy) is 1. The fraction of sp³-hybridized carbons (Fsp3) is 0.786. The monoisotopic (exact) mass is 286 g/mol. The molecule has 6 nitrogen and oxygen atoms in total. The molecule has 0 aromatic carbocycles. The van der Waals surface area contributed by atoms with E-state index in [-0.39, 0.29) is 30.7 Å². The van der Waals surface area contributed by atoms with E-state index in [0.717, 1.165) is 0 Å². The van der Waals surface area contributed by atoms with Crippen LogP contribution in [0.1, 0.15) is 41.0 Å². The minimum Gasteiger partial charge on any atom is -0.467 e. The summed E-state index contributed by atoms with van der Waals surface area (Å²) in [5.74, 6) is -0.926. The van der Waals surface area contributed by atoms with E-state index in [2.05, 4.69) is 15.4 Å². The highest BCUT2D eigenvalue weighted by atomic mass is 16.5. The Bertz CT molecular complexity index is 359. The highest BCUT2D eigenvalue weighted by molar-refractivity contribution is 5.85. The summed E-state index contributed by atoms with van der Waals surface area (Å²) >= 11 is 0. The van der Waals surface area contributed by atoms with Crippen LogP contribution in [0.4, 0.5) is 0 Å². The third kappa shape index (κ3) is 6.54. The number of hydrogen-bond donors (Lipinski definition) is 2. The van der Waals surface area contributed by atoms with Crippen molar-refractivity contribution in [2.45, 2.75) is 47.1 Å². The molecule has 2 amide bonds. The van der Waals surface area contributed by atoms with E-state index in [4.69, 9.17) is 0 Å². The highest BCUT2D eigenvalue weighted by Gasteiger charge is 2.25. The second-order valence-electron chi connectivity index (χ2n) is 6.07. The van der Waals surface area contributed by atoms with Gasteiger partial charge in [-0.2, -0.15) is 0 Å². The fourth-order valence-corrected chi connectivity index (χ4v) is 1.43. The Balaban J connectivity index is 4.22. The average Bonchev–Trinajstić information content (AvgIpc) is 2.33. The third-order valence-electron chi connectivity index (χ3n) is 2.76. The van der Waals surface area contributed by atoms with Gasteiger partial charge in [-0.05, 0) is 5.92 Å². The van der Waals surface area contributed by atoms with Crippen LogP contribution < -0.4 is 10.6 Å². The molecule has 0 saturated heterocycles. The van der Waals surface area contributed by atoms with E-state index in [1.54, 1.807) is 20.8 Å². The van der Waals surface area contributed by atoms with Crippen molar-refractivity contribution in [3.05, 3.63) is 0 Å². The molecule has 0 bridgehead atoms. The number of rotatable bonds is 6. The van der Waals surface area contributed by atoms with E-state index < -0.39 is 17.4 Å². The number of carbonyl (C=O) groups excluding carboxylic acids is 3. The van der Waals surface area contributed by atoms with Crippen molar-refractivity contribution >= 4 is 17.8 Å². The summed E-state index contributed by atoms with van der Waals surface area (Å²) < 4.78 is 4.64. The molecule has 0 aliphatic heterocycles. The molecule has 0 spiro atoms. The summed E-state index contributed by atoms with van der Waals surface area (Å²) in [4.78, 5) is 34.8. The lowest BCUT2D eigenvalue weighted by Gasteiger charge is -2.20. The Morgan fingerprint density at radius 1 is 1.15 bits per heavy atom. The summed E-state index contributed by atoms with van der Waals surface area (Å²) in [5.41, 5.74) is -0.483. The highest BCUT2D eigenvalue weighted by Crippen LogP contribution is 2.12. The van der Waals surface area contributed by atoms with Crippen LogP contribution in [-0.2, 0) is 19.1 Å². The third-order valence-corrected chi connectivity index (χ3v) is 2.76. The van der Waals surface area contributed by atoms with Crippen LogP contribution in [0.5, 0.6) is 0 Å². The maximum absolute atomic E-state index is 11.7. The van der Waals surface area contributed by atoms with Crippen LogP contribution >= 0.6 is 0 Å². The lowest BCUT2D eigenvalue weighted by molar-refractivity contribution is -0.146. The summed E-state index contributed by atoms with van der Waals surface area (Å²) in [7, 11) is 1.29. The quantitative estimate of drug-likeness (QED) is 0.709. The number of nitrogens with one attached hydrogen (secondary N) is 2. The van der Waals surface area contributed by atoms with Gasteiger partial charge in [0, 0.05) is 18.4 Å². The van der Waals surface area contributed by atoms with E-state index >= 15 is 0 Å². The largest absolute Gasteiger partial charge is 0.467 e. The van der Waals surface area contributed by atoms with E-state index in [0.29, 0.717) is 0 Å². The molecule has 116 valence electrons. The van der Waals surface area contributed by atoms with E-state index in [1.165, 1.54) is 7.11 Å². The van der Waals surface area contributed by atoms with Crippen LogP contribution in [0.15, 0.2) is 0 Å². The molecular weight excluding hydrogens is 260 g/mol. The van der Waals surface area contributed by atoms with E-state index in [9.17, 15) is 14.4 Å². The van der Waals surface area contributed by atoms with Gasteiger partial charge in [0.1, 0.15) is 6.04 Å². The first-order valence-electron chi connectivity index (χ1n) is 6.75. The van der Waals surface area contributed by atoms with Gasteiger partial charge >= 0.3 is 5.97 Å². The van der Waals surface area contributed by atoms with Crippen molar-refractivity contribution in [1.82, 2.24) is 10.6 Å². The van der Waals surface area contributed by atoms with Gasteiger partial charge in [0.25, 0.3) is 0 Å². The molecule has 0 saturated carbocycles. The maximum atomic E-state index is 11.7. The number of amides is 2. The minimum absolute atomic E-state index is 0.0597. The van der Waals surface area contributed by atoms with Crippen LogP contribution in [0.3, 0.4) is 0 Å². The number of hydrogen-bond acceptors (Lipinski definition) is 4. The second-order valence-corrected chi connectivity index (χ2v) is 6.07. The molecule has 0 aliphatic rings. The zero-order valence-electron chi connectivity index (χ0n) is 13.2. The molecule has 2 N–H and O–H groups in total. The van der Waals surface area contributed by atoms with Crippen molar-refractivity contribution in [3.63, 3.8) is 0 Å². The molecule has 0 aromatic rings. The average molecular weight is 286 g/mol. The normalized spacial score (nSPS) is 12.8. The molecule has 0 fully saturated rings. The Hall–Kier alpha value is -1.59. The van der Waals surface area contributed by atoms with Gasteiger partial charge in [-0.25, -0.2) is 4.79 Å². The molecule has 6 heteroatoms. The Morgan fingerprint density at radius 3 is 2.10 bits per heavy atom. The van der Waals surface area contributed by atoms with Crippen LogP contribution in [0.25, 0.3) is 0 Å². The van der Waals surface area contributed by atoms with Gasteiger partial charge < -0.3 is 15.4 Å². The van der Waals surface area contributed by atoms with Gasteiger partial charge in [-0.3, -0.25) is 9.59 Å².